The van der Waals surface area contributed by atoms with Gasteiger partial charge >= 0.3 is 5.97 Å². The number of aryl methyl sites for hydroxylation is 1. The Morgan fingerprint density at radius 1 is 1.14 bits per heavy atom. The van der Waals surface area contributed by atoms with Crippen LogP contribution in [0, 0.1) is 0 Å². The van der Waals surface area contributed by atoms with Gasteiger partial charge < -0.3 is 19.1 Å². The van der Waals surface area contributed by atoms with Gasteiger partial charge in [-0.05, 0) is 49.7 Å². The lowest BCUT2D eigenvalue weighted by molar-refractivity contribution is 0.0526. The summed E-state index contributed by atoms with van der Waals surface area (Å²) in [6.45, 7) is 4.79. The van der Waals surface area contributed by atoms with Crippen LogP contribution in [0.4, 0.5) is 0 Å². The van der Waals surface area contributed by atoms with Gasteiger partial charge in [0.25, 0.3) is 0 Å². The summed E-state index contributed by atoms with van der Waals surface area (Å²) < 4.78 is 12.7. The molecule has 0 aliphatic rings. The molecule has 0 bridgehead atoms. The molecule has 0 aliphatic heterocycles. The average Bonchev–Trinajstić information content (AvgIpc) is 3.04. The first-order valence-electron chi connectivity index (χ1n) is 9.64. The molecule has 2 aromatic carbocycles. The van der Waals surface area contributed by atoms with Crippen molar-refractivity contribution in [2.75, 3.05) is 13.2 Å². The van der Waals surface area contributed by atoms with Crippen molar-refractivity contribution in [3.63, 3.8) is 0 Å². The van der Waals surface area contributed by atoms with Crippen LogP contribution in [0.2, 0.25) is 0 Å². The summed E-state index contributed by atoms with van der Waals surface area (Å²) in [6.07, 6.45) is 1.17. The normalized spacial score (nSPS) is 12.1. The second kappa shape index (κ2) is 9.37. The number of carbonyl (C=O) groups is 1. The molecule has 1 N–H and O–H groups in total. The van der Waals surface area contributed by atoms with Gasteiger partial charge in [0.1, 0.15) is 24.3 Å². The molecule has 0 amide bonds. The van der Waals surface area contributed by atoms with Crippen molar-refractivity contribution in [2.45, 2.75) is 39.3 Å². The van der Waals surface area contributed by atoms with Crippen molar-refractivity contribution < 1.29 is 19.4 Å². The Balaban J connectivity index is 1.63. The maximum atomic E-state index is 11.7. The lowest BCUT2D eigenvalue weighted by Gasteiger charge is -2.15. The zero-order valence-corrected chi connectivity index (χ0v) is 16.3. The van der Waals surface area contributed by atoms with Crippen molar-refractivity contribution in [1.29, 1.82) is 0 Å². The van der Waals surface area contributed by atoms with Crippen LogP contribution in [-0.2, 0) is 17.7 Å². The predicted octanol–water partition coefficient (Wildman–Crippen LogP) is 3.61. The third-order valence-electron chi connectivity index (χ3n) is 4.41. The second-order valence-corrected chi connectivity index (χ2v) is 6.59. The van der Waals surface area contributed by atoms with Crippen molar-refractivity contribution in [3.8, 4) is 5.75 Å². The number of aliphatic hydroxyl groups excluding tert-OH is 1. The van der Waals surface area contributed by atoms with E-state index in [0.717, 1.165) is 29.7 Å². The molecule has 0 saturated heterocycles. The van der Waals surface area contributed by atoms with E-state index < -0.39 is 6.10 Å². The summed E-state index contributed by atoms with van der Waals surface area (Å²) in [4.78, 5) is 16.4. The number of para-hydroxylation sites is 2. The fraction of sp³-hybridized carbons (Fsp3) is 0.364. The molecule has 3 aromatic rings. The SMILES string of the molecule is CCCc1nc2ccccc2n1CC(O)COc1ccc(C(=O)OCC)cc1. The third kappa shape index (κ3) is 4.70. The number of esters is 1. The second-order valence-electron chi connectivity index (χ2n) is 6.59. The lowest BCUT2D eigenvalue weighted by Crippen LogP contribution is -2.24. The Labute approximate surface area is 164 Å². The van der Waals surface area contributed by atoms with Gasteiger partial charge in [0.05, 0.1) is 29.7 Å². The minimum Gasteiger partial charge on any atom is -0.491 e. The van der Waals surface area contributed by atoms with Crippen LogP contribution in [0.5, 0.6) is 5.75 Å². The van der Waals surface area contributed by atoms with E-state index in [4.69, 9.17) is 9.47 Å². The van der Waals surface area contributed by atoms with Crippen LogP contribution in [0.25, 0.3) is 11.0 Å². The largest absolute Gasteiger partial charge is 0.491 e. The summed E-state index contributed by atoms with van der Waals surface area (Å²) in [5, 5.41) is 10.5. The standard InChI is InChI=1S/C22H26N2O4/c1-3-7-21-23-19-8-5-6-9-20(19)24(21)14-17(25)15-28-18-12-10-16(11-13-18)22(26)27-4-2/h5-6,8-13,17,25H,3-4,7,14-15H2,1-2H3. The Morgan fingerprint density at radius 2 is 1.89 bits per heavy atom. The zero-order chi connectivity index (χ0) is 19.9. The van der Waals surface area contributed by atoms with Crippen LogP contribution in [0.1, 0.15) is 36.5 Å². The molecular formula is C22H26N2O4. The van der Waals surface area contributed by atoms with E-state index in [1.54, 1.807) is 31.2 Å². The highest BCUT2D eigenvalue weighted by atomic mass is 16.5. The van der Waals surface area contributed by atoms with E-state index in [9.17, 15) is 9.90 Å². The average molecular weight is 382 g/mol. The van der Waals surface area contributed by atoms with E-state index in [1.165, 1.54) is 0 Å². The topological polar surface area (TPSA) is 73.6 Å². The zero-order valence-electron chi connectivity index (χ0n) is 16.3. The smallest absolute Gasteiger partial charge is 0.338 e. The molecule has 0 radical (unpaired) electrons. The van der Waals surface area contributed by atoms with Crippen LogP contribution in [0.3, 0.4) is 0 Å². The summed E-state index contributed by atoms with van der Waals surface area (Å²) in [5.74, 6) is 1.21. The van der Waals surface area contributed by atoms with Crippen LogP contribution in [0.15, 0.2) is 48.5 Å². The van der Waals surface area contributed by atoms with Crippen molar-refractivity contribution in [1.82, 2.24) is 9.55 Å². The number of aromatic nitrogens is 2. The van der Waals surface area contributed by atoms with E-state index >= 15 is 0 Å². The van der Waals surface area contributed by atoms with E-state index in [0.29, 0.717) is 24.5 Å². The molecule has 6 heteroatoms. The number of hydrogen-bond acceptors (Lipinski definition) is 5. The predicted molar refractivity (Wildman–Crippen MR) is 108 cm³/mol. The van der Waals surface area contributed by atoms with E-state index in [1.807, 2.05) is 24.3 Å². The number of benzene rings is 2. The molecule has 28 heavy (non-hydrogen) atoms. The number of rotatable bonds is 9. The number of ether oxygens (including phenoxy) is 2. The van der Waals surface area contributed by atoms with Crippen LogP contribution < -0.4 is 4.74 Å². The first kappa shape index (κ1) is 19.9. The lowest BCUT2D eigenvalue weighted by atomic mass is 10.2. The first-order chi connectivity index (χ1) is 13.6. The molecule has 0 aliphatic carbocycles. The molecule has 0 fully saturated rings. The molecule has 1 unspecified atom stereocenters. The fourth-order valence-electron chi connectivity index (χ4n) is 3.10. The summed E-state index contributed by atoms with van der Waals surface area (Å²) in [5.41, 5.74) is 2.43. The monoisotopic (exact) mass is 382 g/mol. The van der Waals surface area contributed by atoms with Crippen molar-refractivity contribution in [2.24, 2.45) is 0 Å². The molecule has 1 aromatic heterocycles. The van der Waals surface area contributed by atoms with Gasteiger partial charge in [-0.25, -0.2) is 9.78 Å². The van der Waals surface area contributed by atoms with Gasteiger partial charge in [0.15, 0.2) is 0 Å². The van der Waals surface area contributed by atoms with E-state index in [-0.39, 0.29) is 12.6 Å². The molecule has 3 rings (SSSR count). The Kier molecular flexibility index (Phi) is 6.66. The Hall–Kier alpha value is -2.86. The number of imidazole rings is 1. The Bertz CT molecular complexity index is 918. The fourth-order valence-corrected chi connectivity index (χ4v) is 3.10. The summed E-state index contributed by atoms with van der Waals surface area (Å²) in [7, 11) is 0. The minimum absolute atomic E-state index is 0.150. The highest BCUT2D eigenvalue weighted by molar-refractivity contribution is 5.89. The van der Waals surface area contributed by atoms with Crippen LogP contribution in [-0.4, -0.2) is 39.9 Å². The van der Waals surface area contributed by atoms with Crippen molar-refractivity contribution >= 4 is 17.0 Å². The van der Waals surface area contributed by atoms with Crippen molar-refractivity contribution in [3.05, 3.63) is 59.9 Å². The number of nitrogens with zero attached hydrogens (tertiary/aromatic N) is 2. The van der Waals surface area contributed by atoms with Gasteiger partial charge in [-0.2, -0.15) is 0 Å². The molecule has 148 valence electrons. The summed E-state index contributed by atoms with van der Waals surface area (Å²) >= 11 is 0. The first-order valence-corrected chi connectivity index (χ1v) is 9.64. The van der Waals surface area contributed by atoms with Crippen LogP contribution >= 0.6 is 0 Å². The molecular weight excluding hydrogens is 356 g/mol. The highest BCUT2D eigenvalue weighted by Gasteiger charge is 2.14. The van der Waals surface area contributed by atoms with Gasteiger partial charge in [-0.1, -0.05) is 19.1 Å². The molecule has 0 spiro atoms. The number of carbonyl (C=O) groups excluding carboxylic acids is 1. The maximum Gasteiger partial charge on any atom is 0.338 e. The third-order valence-corrected chi connectivity index (χ3v) is 4.41. The van der Waals surface area contributed by atoms with Gasteiger partial charge in [-0.3, -0.25) is 0 Å². The Morgan fingerprint density at radius 3 is 2.61 bits per heavy atom. The van der Waals surface area contributed by atoms with Gasteiger partial charge in [0, 0.05) is 6.42 Å². The molecule has 1 atom stereocenters. The molecule has 6 nitrogen and oxygen atoms in total. The number of fused-ring (bicyclic) bond motifs is 1. The van der Waals surface area contributed by atoms with Gasteiger partial charge in [0.2, 0.25) is 0 Å². The van der Waals surface area contributed by atoms with Gasteiger partial charge in [-0.15, -0.1) is 0 Å². The molecule has 0 saturated carbocycles. The van der Waals surface area contributed by atoms with E-state index in [2.05, 4.69) is 16.5 Å². The quantitative estimate of drug-likeness (QED) is 0.573. The number of aliphatic hydroxyl groups is 1. The molecule has 1 heterocycles. The minimum atomic E-state index is -0.682. The number of hydrogen-bond donors (Lipinski definition) is 1. The maximum absolute atomic E-state index is 11.7. The summed E-state index contributed by atoms with van der Waals surface area (Å²) in [6, 6.07) is 14.7. The highest BCUT2D eigenvalue weighted by Crippen LogP contribution is 2.18.